The molecule has 5 aromatic rings. The van der Waals surface area contributed by atoms with E-state index in [0.29, 0.717) is 19.0 Å². The predicted octanol–water partition coefficient (Wildman–Crippen LogP) is 3.22. The second-order valence-electron chi connectivity index (χ2n) is 9.82. The summed E-state index contributed by atoms with van der Waals surface area (Å²) in [4.78, 5) is 11.7. The highest BCUT2D eigenvalue weighted by atomic mass is 16.5. The van der Waals surface area contributed by atoms with Crippen LogP contribution in [-0.2, 0) is 13.6 Å². The maximum atomic E-state index is 9.92. The summed E-state index contributed by atoms with van der Waals surface area (Å²) in [6.45, 7) is 7.38. The smallest absolute Gasteiger partial charge is 0.221 e. The van der Waals surface area contributed by atoms with Crippen LogP contribution in [0.2, 0.25) is 0 Å². The van der Waals surface area contributed by atoms with Crippen LogP contribution in [0.5, 0.6) is 5.88 Å². The first-order chi connectivity index (χ1) is 17.3. The molecule has 1 aliphatic rings. The lowest BCUT2D eigenvalue weighted by Crippen LogP contribution is -2.32. The van der Waals surface area contributed by atoms with Crippen LogP contribution in [0.25, 0.3) is 39.1 Å². The van der Waals surface area contributed by atoms with Crippen LogP contribution in [0.1, 0.15) is 31.3 Å². The van der Waals surface area contributed by atoms with E-state index in [9.17, 15) is 5.11 Å². The molecule has 1 aliphatic heterocycles. The average Bonchev–Trinajstić information content (AvgIpc) is 3.51. The molecular weight excluding hydrogens is 456 g/mol. The SMILES string of the molecule is Cc1nn(C)c2c1-c1cn3c(ncc3cn1)-c1ccc3nn([C@@H](C)CO)c(c3c1)CN(C)C[C@H](C)O2. The lowest BCUT2D eigenvalue weighted by atomic mass is 10.1. The van der Waals surface area contributed by atoms with E-state index in [1.807, 2.05) is 50.2 Å². The first kappa shape index (κ1) is 22.7. The standard InChI is InChI=1S/C26H30N8O2/c1-15(14-35)34-23-13-31(4)11-16(2)36-26-24(17(3)29-32(26)5)22-12-33-19(9-27-22)10-28-25(33)18-6-7-21(30-34)20(23)8-18/h6-10,12,15-16,35H,11,13-14H2,1-5H3/t15-,16-/m0/s1. The second-order valence-corrected chi connectivity index (χ2v) is 9.82. The van der Waals surface area contributed by atoms with E-state index in [1.165, 1.54) is 0 Å². The Kier molecular flexibility index (Phi) is 5.31. The summed E-state index contributed by atoms with van der Waals surface area (Å²) < 4.78 is 12.3. The van der Waals surface area contributed by atoms with Gasteiger partial charge in [-0.05, 0) is 46.0 Å². The third-order valence-electron chi connectivity index (χ3n) is 6.88. The van der Waals surface area contributed by atoms with Crippen molar-refractivity contribution in [2.24, 2.45) is 7.05 Å². The van der Waals surface area contributed by atoms with Gasteiger partial charge in [-0.1, -0.05) is 0 Å². The van der Waals surface area contributed by atoms with Crippen LogP contribution < -0.4 is 4.74 Å². The average molecular weight is 487 g/mol. The van der Waals surface area contributed by atoms with E-state index in [2.05, 4.69) is 40.5 Å². The number of aliphatic hydroxyl groups is 1. The molecule has 0 amide bonds. The summed E-state index contributed by atoms with van der Waals surface area (Å²) >= 11 is 0. The number of nitrogens with zero attached hydrogens (tertiary/aromatic N) is 8. The maximum absolute atomic E-state index is 9.92. The van der Waals surface area contributed by atoms with Crippen molar-refractivity contribution in [3.63, 3.8) is 0 Å². The van der Waals surface area contributed by atoms with Crippen molar-refractivity contribution in [3.8, 4) is 28.5 Å². The van der Waals surface area contributed by atoms with Gasteiger partial charge in [-0.25, -0.2) is 9.67 Å². The number of aromatic nitrogens is 7. The van der Waals surface area contributed by atoms with Crippen molar-refractivity contribution in [3.05, 3.63) is 48.2 Å². The van der Waals surface area contributed by atoms with E-state index in [-0.39, 0.29) is 18.8 Å². The van der Waals surface area contributed by atoms with Crippen molar-refractivity contribution < 1.29 is 9.84 Å². The molecule has 0 aliphatic carbocycles. The van der Waals surface area contributed by atoms with Crippen LogP contribution in [0.15, 0.2) is 36.8 Å². The number of rotatable bonds is 2. The van der Waals surface area contributed by atoms with Gasteiger partial charge < -0.3 is 9.84 Å². The fourth-order valence-electron chi connectivity index (χ4n) is 5.19. The number of aryl methyl sites for hydroxylation is 2. The summed E-state index contributed by atoms with van der Waals surface area (Å²) in [5.74, 6) is 1.52. The van der Waals surface area contributed by atoms with Crippen LogP contribution in [0.3, 0.4) is 0 Å². The molecule has 0 spiro atoms. The first-order valence-corrected chi connectivity index (χ1v) is 12.2. The van der Waals surface area contributed by atoms with Gasteiger partial charge in [0.15, 0.2) is 0 Å². The first-order valence-electron chi connectivity index (χ1n) is 12.2. The van der Waals surface area contributed by atoms with E-state index in [1.54, 1.807) is 4.68 Å². The summed E-state index contributed by atoms with van der Waals surface area (Å²) in [7, 11) is 3.97. The topological polar surface area (TPSA) is 98.5 Å². The Bertz CT molecular complexity index is 1600. The molecule has 0 radical (unpaired) electrons. The number of hydrogen-bond donors (Lipinski definition) is 1. The predicted molar refractivity (Wildman–Crippen MR) is 137 cm³/mol. The van der Waals surface area contributed by atoms with Crippen LogP contribution in [0.4, 0.5) is 0 Å². The Morgan fingerprint density at radius 1 is 1.17 bits per heavy atom. The van der Waals surface area contributed by atoms with Gasteiger partial charge in [-0.3, -0.25) is 19.0 Å². The van der Waals surface area contributed by atoms with Crippen molar-refractivity contribution in [2.75, 3.05) is 20.2 Å². The van der Waals surface area contributed by atoms with Crippen LogP contribution >= 0.6 is 0 Å². The summed E-state index contributed by atoms with van der Waals surface area (Å²) in [6, 6.07) is 6.10. The zero-order chi connectivity index (χ0) is 25.1. The molecule has 1 N–H and O–H groups in total. The molecule has 0 unspecified atom stereocenters. The Morgan fingerprint density at radius 3 is 2.78 bits per heavy atom. The summed E-state index contributed by atoms with van der Waals surface area (Å²) in [5.41, 5.74) is 6.37. The third-order valence-corrected chi connectivity index (χ3v) is 6.88. The molecule has 6 rings (SSSR count). The Balaban J connectivity index is 1.62. The number of aliphatic hydroxyl groups excluding tert-OH is 1. The summed E-state index contributed by atoms with van der Waals surface area (Å²) in [6.07, 6.45) is 5.58. The van der Waals surface area contributed by atoms with Gasteiger partial charge in [0.1, 0.15) is 11.9 Å². The van der Waals surface area contributed by atoms with E-state index in [0.717, 1.165) is 50.5 Å². The van der Waals surface area contributed by atoms with E-state index >= 15 is 0 Å². The molecule has 2 atom stereocenters. The molecule has 10 heteroatoms. The zero-order valence-corrected chi connectivity index (χ0v) is 21.2. The minimum Gasteiger partial charge on any atom is -0.473 e. The number of fused-ring (bicyclic) bond motifs is 5. The van der Waals surface area contributed by atoms with Gasteiger partial charge in [0.25, 0.3) is 0 Å². The number of hydrogen-bond acceptors (Lipinski definition) is 7. The Labute approximate surface area is 208 Å². The van der Waals surface area contributed by atoms with Crippen molar-refractivity contribution >= 4 is 16.4 Å². The number of likely N-dealkylation sites (N-methyl/N-ethyl adjacent to an activating group) is 1. The number of benzene rings is 1. The summed E-state index contributed by atoms with van der Waals surface area (Å²) in [5, 5.41) is 20.4. The lowest BCUT2D eigenvalue weighted by molar-refractivity contribution is 0.145. The molecule has 0 fully saturated rings. The van der Waals surface area contributed by atoms with E-state index < -0.39 is 0 Å². The van der Waals surface area contributed by atoms with E-state index in [4.69, 9.17) is 19.8 Å². The van der Waals surface area contributed by atoms with Crippen molar-refractivity contribution in [1.29, 1.82) is 0 Å². The Hall–Kier alpha value is -3.76. The number of ether oxygens (including phenoxy) is 1. The highest BCUT2D eigenvalue weighted by Gasteiger charge is 2.24. The highest BCUT2D eigenvalue weighted by Crippen LogP contribution is 2.34. The molecule has 4 aromatic heterocycles. The molecular formula is C26H30N8O2. The fourth-order valence-corrected chi connectivity index (χ4v) is 5.19. The molecule has 186 valence electrons. The zero-order valence-electron chi connectivity index (χ0n) is 21.2. The van der Waals surface area contributed by atoms with Gasteiger partial charge in [0.2, 0.25) is 5.88 Å². The molecule has 1 aromatic carbocycles. The molecule has 10 nitrogen and oxygen atoms in total. The maximum Gasteiger partial charge on any atom is 0.221 e. The van der Waals surface area contributed by atoms with Gasteiger partial charge in [-0.15, -0.1) is 0 Å². The lowest BCUT2D eigenvalue weighted by Gasteiger charge is -2.24. The number of imidazole rings is 1. The Morgan fingerprint density at radius 2 is 1.97 bits per heavy atom. The molecule has 4 bridgehead atoms. The third kappa shape index (κ3) is 3.56. The van der Waals surface area contributed by atoms with Gasteiger partial charge in [-0.2, -0.15) is 10.2 Å². The van der Waals surface area contributed by atoms with Crippen molar-refractivity contribution in [2.45, 2.75) is 39.5 Å². The quantitative estimate of drug-likeness (QED) is 0.409. The monoisotopic (exact) mass is 486 g/mol. The van der Waals surface area contributed by atoms with Crippen LogP contribution in [-0.4, -0.2) is 70.2 Å². The van der Waals surface area contributed by atoms with Gasteiger partial charge in [0.05, 0.1) is 58.7 Å². The normalized spacial score (nSPS) is 17.3. The molecule has 0 saturated heterocycles. The van der Waals surface area contributed by atoms with Crippen LogP contribution in [0, 0.1) is 6.92 Å². The molecule has 5 heterocycles. The molecule has 0 saturated carbocycles. The minimum absolute atomic E-state index is 0.0142. The van der Waals surface area contributed by atoms with Gasteiger partial charge in [0, 0.05) is 37.3 Å². The molecule has 36 heavy (non-hydrogen) atoms. The van der Waals surface area contributed by atoms with Crippen molar-refractivity contribution in [1.82, 2.24) is 38.8 Å². The minimum atomic E-state index is -0.138. The largest absolute Gasteiger partial charge is 0.473 e. The fraction of sp³-hybridized carbons (Fsp3) is 0.385. The van der Waals surface area contributed by atoms with Gasteiger partial charge >= 0.3 is 0 Å². The highest BCUT2D eigenvalue weighted by molar-refractivity contribution is 5.86. The second kappa shape index (κ2) is 8.42.